The van der Waals surface area contributed by atoms with E-state index in [9.17, 15) is 24.0 Å². The van der Waals surface area contributed by atoms with Crippen molar-refractivity contribution >= 4 is 41.1 Å². The van der Waals surface area contributed by atoms with Crippen LogP contribution in [-0.2, 0) is 19.2 Å². The summed E-state index contributed by atoms with van der Waals surface area (Å²) in [6.07, 6.45) is 1.72. The van der Waals surface area contributed by atoms with Crippen molar-refractivity contribution in [3.05, 3.63) is 59.1 Å². The highest BCUT2D eigenvalue weighted by Crippen LogP contribution is 2.31. The number of rotatable bonds is 6. The molecule has 0 saturated heterocycles. The van der Waals surface area contributed by atoms with Gasteiger partial charge in [0.05, 0.1) is 24.6 Å². The molecule has 2 aromatic rings. The summed E-state index contributed by atoms with van der Waals surface area (Å²) in [6.45, 7) is 5.66. The van der Waals surface area contributed by atoms with Crippen LogP contribution in [0.1, 0.15) is 63.2 Å². The van der Waals surface area contributed by atoms with E-state index in [0.29, 0.717) is 36.5 Å². The third-order valence-electron chi connectivity index (χ3n) is 8.01. The maximum atomic E-state index is 13.7. The van der Waals surface area contributed by atoms with E-state index in [0.717, 1.165) is 0 Å². The van der Waals surface area contributed by atoms with Crippen LogP contribution in [-0.4, -0.2) is 73.0 Å². The first-order valence-electron chi connectivity index (χ1n) is 15.6. The molecular weight excluding hydrogens is 614 g/mol. The number of nitrogens with one attached hydrogen (secondary N) is 5. The van der Waals surface area contributed by atoms with Gasteiger partial charge in [-0.1, -0.05) is 50.4 Å². The highest BCUT2D eigenvalue weighted by atomic mass is 35.5. The highest BCUT2D eigenvalue weighted by molar-refractivity contribution is 6.30. The minimum atomic E-state index is -1.28. The Morgan fingerprint density at radius 2 is 1.72 bits per heavy atom. The summed E-state index contributed by atoms with van der Waals surface area (Å²) in [4.78, 5) is 67.3. The lowest BCUT2D eigenvalue weighted by molar-refractivity contribution is -0.137. The topological polar surface area (TPSA) is 164 Å². The fourth-order valence-corrected chi connectivity index (χ4v) is 5.64. The third kappa shape index (κ3) is 9.12. The summed E-state index contributed by atoms with van der Waals surface area (Å²) < 4.78 is 11.6. The van der Waals surface area contributed by atoms with Gasteiger partial charge in [0.25, 0.3) is 5.91 Å². The molecule has 12 nitrogen and oxygen atoms in total. The Hall–Kier alpha value is -4.32. The van der Waals surface area contributed by atoms with E-state index in [-0.39, 0.29) is 42.9 Å². The van der Waals surface area contributed by atoms with Gasteiger partial charge in [0.1, 0.15) is 42.3 Å². The van der Waals surface area contributed by atoms with Crippen molar-refractivity contribution in [3.8, 4) is 11.5 Å². The van der Waals surface area contributed by atoms with Gasteiger partial charge in [0.2, 0.25) is 23.6 Å². The fraction of sp³-hybridized carbons (Fsp3) is 0.485. The van der Waals surface area contributed by atoms with Crippen LogP contribution < -0.4 is 36.1 Å². The van der Waals surface area contributed by atoms with E-state index in [1.54, 1.807) is 55.5 Å². The monoisotopic (exact) mass is 655 g/mol. The van der Waals surface area contributed by atoms with Crippen LogP contribution in [0.15, 0.2) is 48.5 Å². The van der Waals surface area contributed by atoms with Gasteiger partial charge in [-0.05, 0) is 62.1 Å². The number of ether oxygens (including phenoxy) is 2. The van der Waals surface area contributed by atoms with Gasteiger partial charge in [-0.15, -0.1) is 0 Å². The second kappa shape index (κ2) is 15.8. The van der Waals surface area contributed by atoms with Crippen LogP contribution in [0, 0.1) is 5.92 Å². The molecule has 1 aliphatic carbocycles. The molecule has 1 saturated carbocycles. The Balaban J connectivity index is 1.57. The number of halogens is 1. The molecule has 5 N–H and O–H groups in total. The number of hydrogen-bond donors (Lipinski definition) is 5. The highest BCUT2D eigenvalue weighted by Gasteiger charge is 2.44. The molecule has 0 bridgehead atoms. The molecule has 5 amide bonds. The molecular formula is C33H42ClN5O7. The molecule has 0 radical (unpaired) electrons. The lowest BCUT2D eigenvalue weighted by Crippen LogP contribution is -2.62. The minimum absolute atomic E-state index is 0.0380. The minimum Gasteiger partial charge on any atom is -0.492 e. The summed E-state index contributed by atoms with van der Waals surface area (Å²) in [5.41, 5.74) is -1.10. The molecule has 1 heterocycles. The van der Waals surface area contributed by atoms with E-state index in [1.165, 1.54) is 0 Å². The lowest BCUT2D eigenvalue weighted by atomic mass is 9.93. The molecule has 248 valence electrons. The van der Waals surface area contributed by atoms with Crippen LogP contribution in [0.5, 0.6) is 11.5 Å². The Kier molecular flexibility index (Phi) is 11.9. The van der Waals surface area contributed by atoms with Crippen molar-refractivity contribution in [1.82, 2.24) is 26.6 Å². The Labute approximate surface area is 273 Å². The number of fused-ring (bicyclic) bond motifs is 1. The summed E-state index contributed by atoms with van der Waals surface area (Å²) in [5.74, 6) is -2.11. The van der Waals surface area contributed by atoms with Gasteiger partial charge in [0, 0.05) is 5.02 Å². The zero-order chi connectivity index (χ0) is 33.3. The van der Waals surface area contributed by atoms with Crippen LogP contribution in [0.4, 0.5) is 0 Å². The Bertz CT molecular complexity index is 1410. The average molecular weight is 656 g/mol. The normalized spacial score (nSPS) is 22.4. The molecule has 0 unspecified atom stereocenters. The first kappa shape index (κ1) is 34.6. The molecule has 1 aliphatic heterocycles. The van der Waals surface area contributed by atoms with Crippen molar-refractivity contribution in [2.45, 2.75) is 76.5 Å². The van der Waals surface area contributed by atoms with Gasteiger partial charge in [-0.25, -0.2) is 0 Å². The third-order valence-corrected chi connectivity index (χ3v) is 8.26. The van der Waals surface area contributed by atoms with Crippen molar-refractivity contribution in [2.24, 2.45) is 5.92 Å². The second-order valence-corrected chi connectivity index (χ2v) is 12.5. The standard InChI is InChI=1S/C33H42ClN5O7/c1-20(2)28-31(43)36-21(3)19-46-26-9-5-4-8-24(26)29(41)37-25(18-27(40)39-33(32(44)38-28)14-6-7-15-33)30(42)35-16-17-45-23-12-10-22(34)11-13-23/h4-5,8-13,20-21,25,28H,6-7,14-19H2,1-3H3,(H,35,42)(H,36,43)(H,37,41)(H,38,44)(H,39,40)/t21-,25-,28+/m0/s1. The van der Waals surface area contributed by atoms with Gasteiger partial charge in [0.15, 0.2) is 0 Å². The van der Waals surface area contributed by atoms with Crippen molar-refractivity contribution in [3.63, 3.8) is 0 Å². The lowest BCUT2D eigenvalue weighted by Gasteiger charge is -2.33. The van der Waals surface area contributed by atoms with Gasteiger partial charge in [-0.2, -0.15) is 0 Å². The summed E-state index contributed by atoms with van der Waals surface area (Å²) in [6, 6.07) is 10.7. The number of amides is 5. The summed E-state index contributed by atoms with van der Waals surface area (Å²) in [5, 5.41) is 14.6. The molecule has 46 heavy (non-hydrogen) atoms. The van der Waals surface area contributed by atoms with Gasteiger partial charge >= 0.3 is 0 Å². The zero-order valence-corrected chi connectivity index (χ0v) is 27.1. The molecule has 13 heteroatoms. The first-order valence-corrected chi connectivity index (χ1v) is 16.0. The molecule has 2 aliphatic rings. The predicted octanol–water partition coefficient (Wildman–Crippen LogP) is 2.49. The van der Waals surface area contributed by atoms with Gasteiger partial charge < -0.3 is 36.1 Å². The molecule has 2 aromatic carbocycles. The van der Waals surface area contributed by atoms with Crippen molar-refractivity contribution < 1.29 is 33.4 Å². The maximum Gasteiger partial charge on any atom is 0.255 e. The molecule has 1 fully saturated rings. The van der Waals surface area contributed by atoms with Gasteiger partial charge in [-0.3, -0.25) is 24.0 Å². The molecule has 1 spiro atoms. The Morgan fingerprint density at radius 3 is 2.41 bits per heavy atom. The summed E-state index contributed by atoms with van der Waals surface area (Å²) >= 11 is 5.91. The first-order chi connectivity index (χ1) is 22.0. The Morgan fingerprint density at radius 1 is 1.02 bits per heavy atom. The van der Waals surface area contributed by atoms with Crippen LogP contribution in [0.2, 0.25) is 5.02 Å². The SMILES string of the molecule is CC(C)[C@H]1NC(=O)C2(CCCC2)NC(=O)C[C@@H](C(=O)NCCOc2ccc(Cl)cc2)NC(=O)c2ccccc2OC[C@H](C)NC1=O. The van der Waals surface area contributed by atoms with Crippen LogP contribution in [0.25, 0.3) is 0 Å². The van der Waals surface area contributed by atoms with E-state index >= 15 is 0 Å². The van der Waals surface area contributed by atoms with E-state index < -0.39 is 53.7 Å². The van der Waals surface area contributed by atoms with Crippen molar-refractivity contribution in [1.29, 1.82) is 0 Å². The van der Waals surface area contributed by atoms with Crippen LogP contribution in [0.3, 0.4) is 0 Å². The molecule has 3 atom stereocenters. The van der Waals surface area contributed by atoms with E-state index in [2.05, 4.69) is 26.6 Å². The van der Waals surface area contributed by atoms with Crippen molar-refractivity contribution in [2.75, 3.05) is 19.8 Å². The van der Waals surface area contributed by atoms with Crippen LogP contribution >= 0.6 is 11.6 Å². The van der Waals surface area contributed by atoms with E-state index in [4.69, 9.17) is 21.1 Å². The smallest absolute Gasteiger partial charge is 0.255 e. The summed E-state index contributed by atoms with van der Waals surface area (Å²) in [7, 11) is 0. The number of benzene rings is 2. The average Bonchev–Trinajstić information content (AvgIpc) is 3.50. The number of carbonyl (C=O) groups is 5. The largest absolute Gasteiger partial charge is 0.492 e. The maximum absolute atomic E-state index is 13.7. The number of para-hydroxylation sites is 1. The number of hydrogen-bond acceptors (Lipinski definition) is 7. The molecule has 4 rings (SSSR count). The zero-order valence-electron chi connectivity index (χ0n) is 26.3. The second-order valence-electron chi connectivity index (χ2n) is 12.1. The number of carbonyl (C=O) groups excluding carboxylic acids is 5. The molecule has 0 aromatic heterocycles. The predicted molar refractivity (Wildman–Crippen MR) is 171 cm³/mol. The quantitative estimate of drug-likeness (QED) is 0.299. The van der Waals surface area contributed by atoms with E-state index in [1.807, 2.05) is 13.8 Å². The fourth-order valence-electron chi connectivity index (χ4n) is 5.52.